The Kier molecular flexibility index (Phi) is 8.27. The summed E-state index contributed by atoms with van der Waals surface area (Å²) in [5.74, 6) is 1.61. The van der Waals surface area contributed by atoms with Gasteiger partial charge in [-0.2, -0.15) is 0 Å². The summed E-state index contributed by atoms with van der Waals surface area (Å²) in [6.45, 7) is 3.13. The molecule has 3 rings (SSSR count). The van der Waals surface area contributed by atoms with Crippen LogP contribution in [0.25, 0.3) is 11.1 Å². The number of benzene rings is 3. The van der Waals surface area contributed by atoms with Crippen molar-refractivity contribution in [1.82, 2.24) is 0 Å². The van der Waals surface area contributed by atoms with Crippen LogP contribution in [0, 0.1) is 6.92 Å². The molecule has 0 radical (unpaired) electrons. The van der Waals surface area contributed by atoms with Gasteiger partial charge in [-0.1, -0.05) is 48.5 Å². The van der Waals surface area contributed by atoms with E-state index in [-0.39, 0.29) is 13.2 Å². The molecule has 158 valence electrons. The zero-order chi connectivity index (χ0) is 21.2. The maximum absolute atomic E-state index is 9.23. The Morgan fingerprint density at radius 1 is 0.833 bits per heavy atom. The smallest absolute Gasteiger partial charge is 0.119 e. The number of rotatable bonds is 11. The van der Waals surface area contributed by atoms with Crippen molar-refractivity contribution in [3.63, 3.8) is 0 Å². The lowest BCUT2D eigenvalue weighted by Gasteiger charge is -2.12. The Balaban J connectivity index is 1.51. The summed E-state index contributed by atoms with van der Waals surface area (Å²) in [4.78, 5) is 0. The van der Waals surface area contributed by atoms with Gasteiger partial charge in [-0.25, -0.2) is 0 Å². The molecule has 0 spiro atoms. The number of hydrogen-bond acceptors (Lipinski definition) is 5. The highest BCUT2D eigenvalue weighted by Crippen LogP contribution is 2.28. The quantitative estimate of drug-likeness (QED) is 0.470. The Bertz CT molecular complexity index is 893. The Morgan fingerprint density at radius 3 is 2.27 bits per heavy atom. The number of ether oxygens (including phenoxy) is 3. The molecule has 5 heteroatoms. The minimum Gasteiger partial charge on any atom is -0.491 e. The van der Waals surface area contributed by atoms with E-state index in [0.29, 0.717) is 19.8 Å². The number of aliphatic hydroxyl groups excluding tert-OH is 2. The lowest BCUT2D eigenvalue weighted by atomic mass is 10.0. The molecule has 3 aromatic rings. The number of aryl methyl sites for hydroxylation is 1. The van der Waals surface area contributed by atoms with Gasteiger partial charge in [-0.05, 0) is 53.4 Å². The molecule has 2 N–H and O–H groups in total. The highest BCUT2D eigenvalue weighted by atomic mass is 16.5. The van der Waals surface area contributed by atoms with Gasteiger partial charge in [0, 0.05) is 0 Å². The topological polar surface area (TPSA) is 68.2 Å². The average molecular weight is 408 g/mol. The molecule has 0 bridgehead atoms. The summed E-state index contributed by atoms with van der Waals surface area (Å²) in [7, 11) is 0. The van der Waals surface area contributed by atoms with Crippen LogP contribution < -0.4 is 9.47 Å². The molecule has 0 aromatic heterocycles. The van der Waals surface area contributed by atoms with Gasteiger partial charge in [0.1, 0.15) is 30.8 Å². The van der Waals surface area contributed by atoms with Crippen LogP contribution in [0.3, 0.4) is 0 Å². The molecule has 3 aromatic carbocycles. The van der Waals surface area contributed by atoms with E-state index in [2.05, 4.69) is 19.1 Å². The second-order valence-corrected chi connectivity index (χ2v) is 7.04. The van der Waals surface area contributed by atoms with E-state index >= 15 is 0 Å². The van der Waals surface area contributed by atoms with E-state index in [0.717, 1.165) is 33.8 Å². The van der Waals surface area contributed by atoms with Crippen molar-refractivity contribution in [2.24, 2.45) is 0 Å². The van der Waals surface area contributed by atoms with Gasteiger partial charge in [-0.15, -0.1) is 0 Å². The molecule has 0 saturated heterocycles. The van der Waals surface area contributed by atoms with Crippen LogP contribution in [-0.4, -0.2) is 42.7 Å². The SMILES string of the molecule is Cc1cc(OCCOCC(O)CO)ccc1-c1ccc(OCc2ccccc2)cc1. The highest BCUT2D eigenvalue weighted by molar-refractivity contribution is 5.68. The fourth-order valence-corrected chi connectivity index (χ4v) is 3.01. The Labute approximate surface area is 177 Å². The Hall–Kier alpha value is -2.86. The Morgan fingerprint density at radius 2 is 1.57 bits per heavy atom. The first kappa shape index (κ1) is 21.8. The summed E-state index contributed by atoms with van der Waals surface area (Å²) < 4.78 is 16.8. The first-order valence-electron chi connectivity index (χ1n) is 10.0. The fourth-order valence-electron chi connectivity index (χ4n) is 3.01. The monoisotopic (exact) mass is 408 g/mol. The maximum atomic E-state index is 9.23. The van der Waals surface area contributed by atoms with Crippen molar-refractivity contribution in [2.75, 3.05) is 26.4 Å². The van der Waals surface area contributed by atoms with Gasteiger partial charge in [0.2, 0.25) is 0 Å². The van der Waals surface area contributed by atoms with Gasteiger partial charge in [-0.3, -0.25) is 0 Å². The second kappa shape index (κ2) is 11.4. The van der Waals surface area contributed by atoms with Gasteiger partial charge in [0.05, 0.1) is 19.8 Å². The van der Waals surface area contributed by atoms with Crippen molar-refractivity contribution < 1.29 is 24.4 Å². The van der Waals surface area contributed by atoms with Crippen LogP contribution >= 0.6 is 0 Å². The third-order valence-corrected chi connectivity index (χ3v) is 4.63. The minimum absolute atomic E-state index is 0.100. The fraction of sp³-hybridized carbons (Fsp3) is 0.280. The predicted molar refractivity (Wildman–Crippen MR) is 117 cm³/mol. The van der Waals surface area contributed by atoms with Crippen LogP contribution in [0.2, 0.25) is 0 Å². The van der Waals surface area contributed by atoms with Gasteiger partial charge >= 0.3 is 0 Å². The zero-order valence-corrected chi connectivity index (χ0v) is 17.2. The summed E-state index contributed by atoms with van der Waals surface area (Å²) in [6, 6.07) is 24.2. The second-order valence-electron chi connectivity index (χ2n) is 7.04. The lowest BCUT2D eigenvalue weighted by Crippen LogP contribution is -2.21. The van der Waals surface area contributed by atoms with Crippen LogP contribution in [0.15, 0.2) is 72.8 Å². The first-order valence-corrected chi connectivity index (χ1v) is 10.0. The minimum atomic E-state index is -0.846. The van der Waals surface area contributed by atoms with Crippen molar-refractivity contribution in [2.45, 2.75) is 19.6 Å². The van der Waals surface area contributed by atoms with E-state index < -0.39 is 6.10 Å². The molecule has 0 heterocycles. The molecule has 0 fully saturated rings. The van der Waals surface area contributed by atoms with E-state index in [9.17, 15) is 5.11 Å². The first-order chi connectivity index (χ1) is 14.7. The maximum Gasteiger partial charge on any atom is 0.119 e. The molecule has 1 unspecified atom stereocenters. The normalized spacial score (nSPS) is 11.8. The van der Waals surface area contributed by atoms with E-state index in [1.165, 1.54) is 0 Å². The van der Waals surface area contributed by atoms with E-state index in [1.807, 2.05) is 60.7 Å². The molecule has 1 atom stereocenters. The largest absolute Gasteiger partial charge is 0.491 e. The summed E-state index contributed by atoms with van der Waals surface area (Å²) in [5, 5.41) is 18.0. The summed E-state index contributed by atoms with van der Waals surface area (Å²) >= 11 is 0. The van der Waals surface area contributed by atoms with Gasteiger partial charge in [0.15, 0.2) is 0 Å². The van der Waals surface area contributed by atoms with Crippen molar-refractivity contribution in [1.29, 1.82) is 0 Å². The van der Waals surface area contributed by atoms with Gasteiger partial charge in [0.25, 0.3) is 0 Å². The van der Waals surface area contributed by atoms with Crippen LogP contribution in [-0.2, 0) is 11.3 Å². The molecule has 0 amide bonds. The predicted octanol–water partition coefficient (Wildman–Crippen LogP) is 3.99. The zero-order valence-electron chi connectivity index (χ0n) is 17.2. The standard InChI is InChI=1S/C25H28O5/c1-19-15-24(29-14-13-28-18-22(27)16-26)11-12-25(19)21-7-9-23(10-8-21)30-17-20-5-3-2-4-6-20/h2-12,15,22,26-27H,13-14,16-18H2,1H3. The van der Waals surface area contributed by atoms with E-state index in [1.54, 1.807) is 0 Å². The van der Waals surface area contributed by atoms with Crippen LogP contribution in [0.5, 0.6) is 11.5 Å². The molecule has 0 saturated carbocycles. The van der Waals surface area contributed by atoms with Gasteiger partial charge < -0.3 is 24.4 Å². The lowest BCUT2D eigenvalue weighted by molar-refractivity contribution is -0.00138. The number of hydrogen-bond donors (Lipinski definition) is 2. The molecule has 0 aliphatic heterocycles. The third-order valence-electron chi connectivity index (χ3n) is 4.63. The molecule has 0 aliphatic carbocycles. The summed E-state index contributed by atoms with van der Waals surface area (Å²) in [5.41, 5.74) is 4.51. The van der Waals surface area contributed by atoms with E-state index in [4.69, 9.17) is 19.3 Å². The average Bonchev–Trinajstić information content (AvgIpc) is 2.78. The van der Waals surface area contributed by atoms with Crippen LogP contribution in [0.4, 0.5) is 0 Å². The van der Waals surface area contributed by atoms with Crippen molar-refractivity contribution in [3.8, 4) is 22.6 Å². The highest BCUT2D eigenvalue weighted by Gasteiger charge is 2.06. The van der Waals surface area contributed by atoms with Crippen molar-refractivity contribution >= 4 is 0 Å². The van der Waals surface area contributed by atoms with Crippen LogP contribution in [0.1, 0.15) is 11.1 Å². The number of aliphatic hydroxyl groups is 2. The summed E-state index contributed by atoms with van der Waals surface area (Å²) in [6.07, 6.45) is -0.846. The molecule has 5 nitrogen and oxygen atoms in total. The van der Waals surface area contributed by atoms with Crippen molar-refractivity contribution in [3.05, 3.63) is 83.9 Å². The molecule has 30 heavy (non-hydrogen) atoms. The molecule has 0 aliphatic rings. The third kappa shape index (κ3) is 6.59. The molecular formula is C25H28O5. The molecular weight excluding hydrogens is 380 g/mol.